The minimum absolute atomic E-state index is 0.0227. The van der Waals surface area contributed by atoms with Gasteiger partial charge in [-0.15, -0.1) is 11.8 Å². The molecule has 0 aliphatic heterocycles. The van der Waals surface area contributed by atoms with Crippen LogP contribution in [0.5, 0.6) is 17.2 Å². The van der Waals surface area contributed by atoms with Crippen LogP contribution in [0.3, 0.4) is 0 Å². The molecular formula is C26H27NO4S. The predicted octanol–water partition coefficient (Wildman–Crippen LogP) is 4.98. The maximum atomic E-state index is 13.1. The van der Waals surface area contributed by atoms with Gasteiger partial charge in [-0.2, -0.15) is 0 Å². The molecule has 3 aromatic rings. The molecule has 6 heteroatoms. The zero-order valence-corrected chi connectivity index (χ0v) is 19.3. The summed E-state index contributed by atoms with van der Waals surface area (Å²) in [5.74, 6) is 2.46. The number of rotatable bonds is 6. The van der Waals surface area contributed by atoms with Crippen LogP contribution in [-0.4, -0.2) is 21.3 Å². The molecule has 2 N–H and O–H groups in total. The first-order valence-electron chi connectivity index (χ1n) is 10.5. The summed E-state index contributed by atoms with van der Waals surface area (Å²) < 4.78 is 17.0. The highest BCUT2D eigenvalue weighted by Crippen LogP contribution is 2.49. The van der Waals surface area contributed by atoms with Gasteiger partial charge in [0, 0.05) is 17.4 Å². The molecule has 0 radical (unpaired) electrons. The maximum absolute atomic E-state index is 13.1. The Labute approximate surface area is 192 Å². The summed E-state index contributed by atoms with van der Waals surface area (Å²) in [6.45, 7) is 0. The Kier molecular flexibility index (Phi) is 6.72. The first-order chi connectivity index (χ1) is 15.6. The zero-order valence-electron chi connectivity index (χ0n) is 18.5. The fourth-order valence-electron chi connectivity index (χ4n) is 4.18. The molecule has 3 aromatic carbocycles. The summed E-state index contributed by atoms with van der Waals surface area (Å²) in [5.41, 5.74) is 11.4. The molecule has 0 saturated heterocycles. The lowest BCUT2D eigenvalue weighted by Crippen LogP contribution is -2.12. The highest BCUT2D eigenvalue weighted by atomic mass is 32.2. The van der Waals surface area contributed by atoms with Gasteiger partial charge >= 0.3 is 0 Å². The van der Waals surface area contributed by atoms with Crippen molar-refractivity contribution in [3.05, 3.63) is 81.5 Å². The van der Waals surface area contributed by atoms with Crippen molar-refractivity contribution in [2.45, 2.75) is 29.5 Å². The molecule has 0 saturated carbocycles. The monoisotopic (exact) mass is 449 g/mol. The third kappa shape index (κ3) is 4.20. The zero-order chi connectivity index (χ0) is 22.7. The largest absolute Gasteiger partial charge is 0.493 e. The second-order valence-electron chi connectivity index (χ2n) is 7.67. The van der Waals surface area contributed by atoms with Crippen molar-refractivity contribution >= 4 is 11.8 Å². The van der Waals surface area contributed by atoms with E-state index in [9.17, 15) is 4.79 Å². The van der Waals surface area contributed by atoms with Crippen molar-refractivity contribution in [3.63, 3.8) is 0 Å². The molecule has 1 atom stereocenters. The summed E-state index contributed by atoms with van der Waals surface area (Å²) in [7, 11) is 4.82. The van der Waals surface area contributed by atoms with Crippen LogP contribution in [0, 0.1) is 0 Å². The van der Waals surface area contributed by atoms with Crippen LogP contribution in [0.2, 0.25) is 0 Å². The van der Waals surface area contributed by atoms with Gasteiger partial charge in [-0.1, -0.05) is 36.4 Å². The van der Waals surface area contributed by atoms with Gasteiger partial charge in [-0.3, -0.25) is 4.79 Å². The average Bonchev–Trinajstić information content (AvgIpc) is 3.06. The van der Waals surface area contributed by atoms with E-state index in [1.54, 1.807) is 27.4 Å². The standard InChI is InChI=1S/C26H27NO4S/c1-29-22-13-17-9-11-20(27)19-14-21(28)23(32-15-16-7-5-4-6-8-16)12-10-18(19)24(17)26(31-3)25(22)30-2/h4-8,10,12-14,20H,9,11,15,27H2,1-3H3/t20-/m0/s1. The summed E-state index contributed by atoms with van der Waals surface area (Å²) in [5, 5.41) is 0. The number of thioether (sulfide) groups is 1. The molecule has 0 fully saturated rings. The Morgan fingerprint density at radius 2 is 1.72 bits per heavy atom. The Bertz CT molecular complexity index is 1180. The number of methoxy groups -OCH3 is 3. The first-order valence-corrected chi connectivity index (χ1v) is 11.5. The molecule has 1 aliphatic carbocycles. The van der Waals surface area contributed by atoms with E-state index in [2.05, 4.69) is 12.1 Å². The van der Waals surface area contributed by atoms with Crippen LogP contribution in [0.4, 0.5) is 0 Å². The second-order valence-corrected chi connectivity index (χ2v) is 8.69. The number of aryl methyl sites for hydroxylation is 1. The maximum Gasteiger partial charge on any atom is 0.203 e. The minimum Gasteiger partial charge on any atom is -0.493 e. The van der Waals surface area contributed by atoms with Gasteiger partial charge in [0.15, 0.2) is 16.9 Å². The van der Waals surface area contributed by atoms with E-state index in [4.69, 9.17) is 19.9 Å². The molecule has 1 aliphatic rings. The Hall–Kier alpha value is -2.96. The molecule has 0 bridgehead atoms. The number of ether oxygens (including phenoxy) is 3. The van der Waals surface area contributed by atoms with Crippen LogP contribution >= 0.6 is 11.8 Å². The SMILES string of the molecule is COc1cc2c(c(OC)c1OC)-c1ccc(SCc3ccccc3)c(=O)cc1[C@@H](N)CC2. The normalized spacial score (nSPS) is 14.7. The second kappa shape index (κ2) is 9.67. The summed E-state index contributed by atoms with van der Waals surface area (Å²) in [4.78, 5) is 13.8. The van der Waals surface area contributed by atoms with Gasteiger partial charge in [-0.25, -0.2) is 0 Å². The van der Waals surface area contributed by atoms with Crippen molar-refractivity contribution in [2.75, 3.05) is 21.3 Å². The molecular weight excluding hydrogens is 422 g/mol. The number of fused-ring (bicyclic) bond motifs is 3. The van der Waals surface area contributed by atoms with E-state index < -0.39 is 0 Å². The third-order valence-electron chi connectivity index (χ3n) is 5.78. The molecule has 0 aromatic heterocycles. The molecule has 0 heterocycles. The molecule has 0 unspecified atom stereocenters. The van der Waals surface area contributed by atoms with E-state index >= 15 is 0 Å². The predicted molar refractivity (Wildman–Crippen MR) is 129 cm³/mol. The first kappa shape index (κ1) is 22.2. The fourth-order valence-corrected chi connectivity index (χ4v) is 5.06. The number of hydrogen-bond acceptors (Lipinski definition) is 6. The quantitative estimate of drug-likeness (QED) is 0.536. The van der Waals surface area contributed by atoms with Crippen molar-refractivity contribution in [1.82, 2.24) is 0 Å². The fraction of sp³-hybridized carbons (Fsp3) is 0.269. The van der Waals surface area contributed by atoms with Gasteiger partial charge in [0.1, 0.15) is 0 Å². The van der Waals surface area contributed by atoms with E-state index in [1.165, 1.54) is 17.3 Å². The average molecular weight is 450 g/mol. The van der Waals surface area contributed by atoms with Gasteiger partial charge in [-0.05, 0) is 53.3 Å². The van der Waals surface area contributed by atoms with Crippen molar-refractivity contribution in [1.29, 1.82) is 0 Å². The van der Waals surface area contributed by atoms with Gasteiger partial charge in [0.25, 0.3) is 0 Å². The topological polar surface area (TPSA) is 70.8 Å². The molecule has 32 heavy (non-hydrogen) atoms. The van der Waals surface area contributed by atoms with Crippen molar-refractivity contribution in [3.8, 4) is 28.4 Å². The number of hydrogen-bond donors (Lipinski definition) is 1. The number of nitrogens with two attached hydrogens (primary N) is 1. The minimum atomic E-state index is -0.258. The van der Waals surface area contributed by atoms with E-state index in [0.717, 1.165) is 34.4 Å². The van der Waals surface area contributed by atoms with Crippen LogP contribution in [0.25, 0.3) is 11.1 Å². The van der Waals surface area contributed by atoms with Crippen LogP contribution in [0.15, 0.2) is 64.3 Å². The summed E-state index contributed by atoms with van der Waals surface area (Å²) >= 11 is 1.53. The Morgan fingerprint density at radius 1 is 0.969 bits per heavy atom. The lowest BCUT2D eigenvalue weighted by atomic mass is 9.95. The van der Waals surface area contributed by atoms with Crippen LogP contribution < -0.4 is 25.4 Å². The number of benzene rings is 2. The van der Waals surface area contributed by atoms with Gasteiger partial charge in [0.2, 0.25) is 5.75 Å². The van der Waals surface area contributed by atoms with Crippen molar-refractivity contribution < 1.29 is 14.2 Å². The lowest BCUT2D eigenvalue weighted by Gasteiger charge is -2.19. The Balaban J connectivity index is 1.87. The van der Waals surface area contributed by atoms with Crippen LogP contribution in [0.1, 0.15) is 29.2 Å². The van der Waals surface area contributed by atoms with Crippen molar-refractivity contribution in [2.24, 2.45) is 5.73 Å². The van der Waals surface area contributed by atoms with E-state index in [1.807, 2.05) is 36.4 Å². The molecule has 0 spiro atoms. The highest BCUT2D eigenvalue weighted by Gasteiger charge is 2.27. The van der Waals surface area contributed by atoms with E-state index in [0.29, 0.717) is 28.6 Å². The smallest absolute Gasteiger partial charge is 0.203 e. The van der Waals surface area contributed by atoms with E-state index in [-0.39, 0.29) is 11.5 Å². The summed E-state index contributed by atoms with van der Waals surface area (Å²) in [6.07, 6.45) is 1.46. The third-order valence-corrected chi connectivity index (χ3v) is 6.91. The molecule has 166 valence electrons. The van der Waals surface area contributed by atoms with Gasteiger partial charge < -0.3 is 19.9 Å². The molecule has 0 amide bonds. The molecule has 4 rings (SSSR count). The Morgan fingerprint density at radius 3 is 2.41 bits per heavy atom. The lowest BCUT2D eigenvalue weighted by molar-refractivity contribution is 0.324. The molecule has 5 nitrogen and oxygen atoms in total. The van der Waals surface area contributed by atoms with Crippen LogP contribution in [-0.2, 0) is 12.2 Å². The summed E-state index contributed by atoms with van der Waals surface area (Å²) in [6, 6.07) is 17.4. The van der Waals surface area contributed by atoms with Gasteiger partial charge in [0.05, 0.1) is 26.2 Å². The highest BCUT2D eigenvalue weighted by molar-refractivity contribution is 7.98.